The van der Waals surface area contributed by atoms with Crippen molar-refractivity contribution in [1.82, 2.24) is 4.90 Å². The molecule has 0 aromatic heterocycles. The van der Waals surface area contributed by atoms with Gasteiger partial charge in [-0.25, -0.2) is 0 Å². The van der Waals surface area contributed by atoms with Crippen LogP contribution in [0.15, 0.2) is 0 Å². The molecule has 1 fully saturated rings. The summed E-state index contributed by atoms with van der Waals surface area (Å²) in [7, 11) is 1.67. The number of rotatable bonds is 6. The predicted octanol–water partition coefficient (Wildman–Crippen LogP) is 2.63. The summed E-state index contributed by atoms with van der Waals surface area (Å²) in [5.74, 6) is 0.0764. The lowest BCUT2D eigenvalue weighted by Crippen LogP contribution is -2.46. The van der Waals surface area contributed by atoms with E-state index in [1.54, 1.807) is 7.11 Å². The van der Waals surface area contributed by atoms with Gasteiger partial charge in [0.05, 0.1) is 5.92 Å². The molecular weight excluding hydrogens is 282 g/mol. The van der Waals surface area contributed by atoms with Crippen molar-refractivity contribution in [3.8, 4) is 0 Å². The molecule has 1 aliphatic rings. The molecule has 1 rings (SSSR count). The highest BCUT2D eigenvalue weighted by Crippen LogP contribution is 2.25. The average molecular weight is 313 g/mol. The van der Waals surface area contributed by atoms with Gasteiger partial charge in [-0.1, -0.05) is 6.92 Å². The minimum atomic E-state index is -0.479. The Balaban J connectivity index is 2.52. The fourth-order valence-corrected chi connectivity index (χ4v) is 2.79. The molecule has 0 aliphatic carbocycles. The minimum absolute atomic E-state index is 0.135. The molecule has 0 aromatic rings. The second-order valence-electron chi connectivity index (χ2n) is 7.32. The lowest BCUT2D eigenvalue weighted by Gasteiger charge is -2.36. The van der Waals surface area contributed by atoms with Crippen molar-refractivity contribution in [2.24, 2.45) is 11.8 Å². The fraction of sp³-hybridized carbons (Fsp3) is 0.882. The second-order valence-corrected chi connectivity index (χ2v) is 7.32. The predicted molar refractivity (Wildman–Crippen MR) is 85.4 cm³/mol. The molecule has 22 heavy (non-hydrogen) atoms. The van der Waals surface area contributed by atoms with E-state index in [4.69, 9.17) is 9.47 Å². The molecule has 0 aromatic carbocycles. The number of unbranched alkanes of at least 4 members (excludes halogenated alkanes) is 1. The quantitative estimate of drug-likeness (QED) is 0.559. The molecular formula is C17H31NO4. The van der Waals surface area contributed by atoms with E-state index in [9.17, 15) is 9.59 Å². The first-order chi connectivity index (χ1) is 10.2. The molecule has 0 saturated carbocycles. The molecule has 0 radical (unpaired) electrons. The molecule has 0 bridgehead atoms. The Hall–Kier alpha value is -1.10. The van der Waals surface area contributed by atoms with Crippen molar-refractivity contribution in [1.29, 1.82) is 0 Å². The fourth-order valence-electron chi connectivity index (χ4n) is 2.79. The number of nitrogens with zero attached hydrogens (tertiary/aromatic N) is 1. The Labute approximate surface area is 134 Å². The third kappa shape index (κ3) is 6.77. The third-order valence-electron chi connectivity index (χ3n) is 3.74. The summed E-state index contributed by atoms with van der Waals surface area (Å²) in [6, 6.07) is 0. The van der Waals surface area contributed by atoms with Gasteiger partial charge in [0.1, 0.15) is 5.60 Å². The van der Waals surface area contributed by atoms with Crippen molar-refractivity contribution < 1.29 is 19.1 Å². The van der Waals surface area contributed by atoms with Gasteiger partial charge in [-0.15, -0.1) is 0 Å². The Bertz CT molecular complexity index is 375. The number of likely N-dealkylation sites (tertiary alicyclic amines) is 1. The van der Waals surface area contributed by atoms with Crippen LogP contribution in [0, 0.1) is 11.8 Å². The highest BCUT2D eigenvalue weighted by Gasteiger charge is 2.34. The van der Waals surface area contributed by atoms with Crippen LogP contribution >= 0.6 is 0 Å². The van der Waals surface area contributed by atoms with Gasteiger partial charge in [0.2, 0.25) is 5.91 Å². The van der Waals surface area contributed by atoms with E-state index < -0.39 is 5.60 Å². The van der Waals surface area contributed by atoms with Gasteiger partial charge >= 0.3 is 5.97 Å². The van der Waals surface area contributed by atoms with Crippen LogP contribution in [0.25, 0.3) is 0 Å². The smallest absolute Gasteiger partial charge is 0.311 e. The largest absolute Gasteiger partial charge is 0.460 e. The van der Waals surface area contributed by atoms with Crippen LogP contribution < -0.4 is 0 Å². The molecule has 2 unspecified atom stereocenters. The number of amides is 1. The van der Waals surface area contributed by atoms with Gasteiger partial charge in [-0.2, -0.15) is 0 Å². The topological polar surface area (TPSA) is 55.8 Å². The number of esters is 1. The number of carbonyl (C=O) groups is 2. The van der Waals surface area contributed by atoms with Gasteiger partial charge in [0.25, 0.3) is 0 Å². The Morgan fingerprint density at radius 1 is 1.18 bits per heavy atom. The maximum absolute atomic E-state index is 12.3. The van der Waals surface area contributed by atoms with Crippen molar-refractivity contribution in [2.75, 3.05) is 26.8 Å². The van der Waals surface area contributed by atoms with Gasteiger partial charge < -0.3 is 14.4 Å². The van der Waals surface area contributed by atoms with E-state index in [-0.39, 0.29) is 17.8 Å². The monoisotopic (exact) mass is 313 g/mol. The summed E-state index contributed by atoms with van der Waals surface area (Å²) in [5.41, 5.74) is -0.479. The van der Waals surface area contributed by atoms with Crippen LogP contribution in [0.2, 0.25) is 0 Å². The number of hydrogen-bond acceptors (Lipinski definition) is 4. The van der Waals surface area contributed by atoms with Gasteiger partial charge in [-0.05, 0) is 46.0 Å². The number of methoxy groups -OCH3 is 1. The lowest BCUT2D eigenvalue weighted by atomic mass is 9.90. The standard InChI is InChI=1S/C17H31NO4/c1-13-10-14(16(20)22-17(2,3)4)12-18(11-13)15(19)8-6-7-9-21-5/h13-14H,6-12H2,1-5H3. The maximum atomic E-state index is 12.3. The van der Waals surface area contributed by atoms with Crippen LogP contribution in [0.5, 0.6) is 0 Å². The molecule has 1 heterocycles. The highest BCUT2D eigenvalue weighted by atomic mass is 16.6. The molecule has 1 saturated heterocycles. The average Bonchev–Trinajstić information content (AvgIpc) is 2.41. The lowest BCUT2D eigenvalue weighted by molar-refractivity contribution is -0.163. The van der Waals surface area contributed by atoms with E-state index in [2.05, 4.69) is 6.92 Å². The van der Waals surface area contributed by atoms with E-state index >= 15 is 0 Å². The molecule has 128 valence electrons. The molecule has 1 aliphatic heterocycles. The SMILES string of the molecule is COCCCCC(=O)N1CC(C)CC(C(=O)OC(C)(C)C)C1. The second kappa shape index (κ2) is 8.51. The Kier molecular flexibility index (Phi) is 7.33. The van der Waals surface area contributed by atoms with Gasteiger partial charge in [-0.3, -0.25) is 9.59 Å². The van der Waals surface area contributed by atoms with Gasteiger partial charge in [0.15, 0.2) is 0 Å². The number of ether oxygens (including phenoxy) is 2. The van der Waals surface area contributed by atoms with Crippen LogP contribution in [0.4, 0.5) is 0 Å². The van der Waals surface area contributed by atoms with E-state index in [1.807, 2.05) is 25.7 Å². The van der Waals surface area contributed by atoms with Gasteiger partial charge in [0, 0.05) is 33.2 Å². The zero-order chi connectivity index (χ0) is 16.8. The zero-order valence-electron chi connectivity index (χ0n) is 14.7. The summed E-state index contributed by atoms with van der Waals surface area (Å²) >= 11 is 0. The highest BCUT2D eigenvalue weighted by molar-refractivity contribution is 5.78. The first-order valence-corrected chi connectivity index (χ1v) is 8.22. The maximum Gasteiger partial charge on any atom is 0.311 e. The summed E-state index contributed by atoms with van der Waals surface area (Å²) in [4.78, 5) is 26.4. The van der Waals surface area contributed by atoms with Crippen LogP contribution in [0.1, 0.15) is 53.4 Å². The van der Waals surface area contributed by atoms with Crippen molar-refractivity contribution in [3.63, 3.8) is 0 Å². The molecule has 1 amide bonds. The van der Waals surface area contributed by atoms with E-state index in [0.29, 0.717) is 25.5 Å². The Morgan fingerprint density at radius 2 is 1.86 bits per heavy atom. The number of hydrogen-bond donors (Lipinski definition) is 0. The van der Waals surface area contributed by atoms with Crippen LogP contribution in [-0.4, -0.2) is 49.2 Å². The molecule has 0 spiro atoms. The van der Waals surface area contributed by atoms with Crippen LogP contribution in [0.3, 0.4) is 0 Å². The summed E-state index contributed by atoms with van der Waals surface area (Å²) in [6.45, 7) is 9.61. The first kappa shape index (κ1) is 18.9. The summed E-state index contributed by atoms with van der Waals surface area (Å²) in [5, 5.41) is 0. The van der Waals surface area contributed by atoms with Crippen molar-refractivity contribution in [2.45, 2.75) is 59.0 Å². The molecule has 0 N–H and O–H groups in total. The first-order valence-electron chi connectivity index (χ1n) is 8.22. The Morgan fingerprint density at radius 3 is 2.45 bits per heavy atom. The normalized spacial score (nSPS) is 22.5. The number of carbonyl (C=O) groups excluding carboxylic acids is 2. The minimum Gasteiger partial charge on any atom is -0.460 e. The molecule has 5 heteroatoms. The molecule has 5 nitrogen and oxygen atoms in total. The van der Waals surface area contributed by atoms with Crippen LogP contribution in [-0.2, 0) is 19.1 Å². The van der Waals surface area contributed by atoms with E-state index in [1.165, 1.54) is 0 Å². The number of piperidine rings is 1. The zero-order valence-corrected chi connectivity index (χ0v) is 14.7. The summed E-state index contributed by atoms with van der Waals surface area (Å²) in [6.07, 6.45) is 3.04. The van der Waals surface area contributed by atoms with Crippen molar-refractivity contribution in [3.05, 3.63) is 0 Å². The summed E-state index contributed by atoms with van der Waals surface area (Å²) < 4.78 is 10.5. The van der Waals surface area contributed by atoms with Crippen molar-refractivity contribution >= 4 is 11.9 Å². The molecule has 2 atom stereocenters. The van der Waals surface area contributed by atoms with E-state index in [0.717, 1.165) is 25.8 Å². The third-order valence-corrected chi connectivity index (χ3v) is 3.74.